The molecule has 0 amide bonds. The molecule has 6 heteroatoms. The van der Waals surface area contributed by atoms with Gasteiger partial charge in [0.25, 0.3) is 6.02 Å². The molecule has 0 aromatic heterocycles. The molecule has 110 valence electrons. The minimum Gasteiger partial charge on any atom is -0.458 e. The first-order valence-electron chi connectivity index (χ1n) is 6.41. The Morgan fingerprint density at radius 1 is 1.60 bits per heavy atom. The van der Waals surface area contributed by atoms with Crippen LogP contribution in [0.1, 0.15) is 13.3 Å². The van der Waals surface area contributed by atoms with Gasteiger partial charge in [0, 0.05) is 31.1 Å². The van der Waals surface area contributed by atoms with Crippen molar-refractivity contribution in [2.24, 2.45) is 10.7 Å². The van der Waals surface area contributed by atoms with Gasteiger partial charge in [0.1, 0.15) is 12.4 Å². The SMILES string of the molecule is C=C/C=C(Cl)\C=C1/COC(N(CCN)CCC(C)=O)=N1. The standard InChI is InChI=1S/C14H20ClN3O2/c1-3-4-12(15)9-13-10-20-14(17-13)18(8-6-16)7-5-11(2)19/h3-4,9H,1,5-8,10,16H2,2H3/b12-4+,13-9+. The van der Waals surface area contributed by atoms with E-state index in [1.54, 1.807) is 25.2 Å². The number of ether oxygens (including phenoxy) is 1. The molecule has 0 radical (unpaired) electrons. The van der Waals surface area contributed by atoms with Crippen molar-refractivity contribution >= 4 is 23.4 Å². The van der Waals surface area contributed by atoms with Crippen molar-refractivity contribution in [3.8, 4) is 0 Å². The molecule has 0 aliphatic carbocycles. The highest BCUT2D eigenvalue weighted by molar-refractivity contribution is 6.31. The summed E-state index contributed by atoms with van der Waals surface area (Å²) in [5.41, 5.74) is 6.29. The van der Waals surface area contributed by atoms with E-state index in [0.29, 0.717) is 43.7 Å². The van der Waals surface area contributed by atoms with Gasteiger partial charge in [-0.1, -0.05) is 24.3 Å². The lowest BCUT2D eigenvalue weighted by atomic mass is 10.3. The van der Waals surface area contributed by atoms with Crippen LogP contribution in [0, 0.1) is 0 Å². The number of carbonyl (C=O) groups excluding carboxylic acids is 1. The van der Waals surface area contributed by atoms with E-state index in [-0.39, 0.29) is 5.78 Å². The zero-order valence-electron chi connectivity index (χ0n) is 11.6. The molecule has 0 atom stereocenters. The maximum Gasteiger partial charge on any atom is 0.292 e. The van der Waals surface area contributed by atoms with Crippen LogP contribution < -0.4 is 5.73 Å². The molecule has 0 bridgehead atoms. The van der Waals surface area contributed by atoms with Gasteiger partial charge in [-0.05, 0) is 19.1 Å². The number of rotatable bonds is 7. The molecular formula is C14H20ClN3O2. The van der Waals surface area contributed by atoms with Crippen LogP contribution in [0.3, 0.4) is 0 Å². The van der Waals surface area contributed by atoms with Crippen molar-refractivity contribution < 1.29 is 9.53 Å². The summed E-state index contributed by atoms with van der Waals surface area (Å²) in [7, 11) is 0. The van der Waals surface area contributed by atoms with E-state index < -0.39 is 0 Å². The van der Waals surface area contributed by atoms with Crippen LogP contribution in [0.25, 0.3) is 0 Å². The lowest BCUT2D eigenvalue weighted by Gasteiger charge is -2.21. The van der Waals surface area contributed by atoms with E-state index in [4.69, 9.17) is 22.1 Å². The first-order chi connectivity index (χ1) is 9.56. The summed E-state index contributed by atoms with van der Waals surface area (Å²) in [4.78, 5) is 17.3. The largest absolute Gasteiger partial charge is 0.458 e. The fourth-order valence-electron chi connectivity index (χ4n) is 1.63. The minimum atomic E-state index is 0.123. The van der Waals surface area contributed by atoms with Gasteiger partial charge in [-0.15, -0.1) is 0 Å². The highest BCUT2D eigenvalue weighted by atomic mass is 35.5. The first kappa shape index (κ1) is 16.5. The average Bonchev–Trinajstić information content (AvgIpc) is 2.82. The summed E-state index contributed by atoms with van der Waals surface area (Å²) in [5, 5.41) is 0.540. The van der Waals surface area contributed by atoms with E-state index in [2.05, 4.69) is 11.6 Å². The van der Waals surface area contributed by atoms with Crippen LogP contribution in [0.15, 0.2) is 40.5 Å². The third kappa shape index (κ3) is 5.59. The number of Topliss-reactive ketones (excluding diaryl/α,β-unsaturated/α-hetero) is 1. The summed E-state index contributed by atoms with van der Waals surface area (Å²) in [6, 6.07) is 0.492. The number of carbonyl (C=O) groups is 1. The van der Waals surface area contributed by atoms with E-state index in [1.165, 1.54) is 0 Å². The fourth-order valence-corrected chi connectivity index (χ4v) is 1.85. The zero-order chi connectivity index (χ0) is 15.0. The lowest BCUT2D eigenvalue weighted by molar-refractivity contribution is -0.117. The second kappa shape index (κ2) is 8.55. The van der Waals surface area contributed by atoms with Crippen LogP contribution in [0.2, 0.25) is 0 Å². The highest BCUT2D eigenvalue weighted by Gasteiger charge is 2.19. The minimum absolute atomic E-state index is 0.123. The van der Waals surface area contributed by atoms with E-state index in [1.807, 2.05) is 4.90 Å². The van der Waals surface area contributed by atoms with E-state index in [0.717, 1.165) is 5.70 Å². The Bertz CT molecular complexity index is 455. The zero-order valence-corrected chi connectivity index (χ0v) is 12.4. The van der Waals surface area contributed by atoms with Crippen molar-refractivity contribution in [2.75, 3.05) is 26.2 Å². The predicted molar refractivity (Wildman–Crippen MR) is 81.5 cm³/mol. The van der Waals surface area contributed by atoms with Crippen molar-refractivity contribution in [1.82, 2.24) is 4.90 Å². The Kier molecular flexibility index (Phi) is 7.04. The summed E-state index contributed by atoms with van der Waals surface area (Å²) in [6.07, 6.45) is 5.45. The Morgan fingerprint density at radius 3 is 2.95 bits per heavy atom. The Labute approximate surface area is 124 Å². The maximum atomic E-state index is 11.1. The first-order valence-corrected chi connectivity index (χ1v) is 6.79. The lowest BCUT2D eigenvalue weighted by Crippen LogP contribution is -2.36. The Morgan fingerprint density at radius 2 is 2.35 bits per heavy atom. The van der Waals surface area contributed by atoms with Crippen molar-refractivity contribution in [3.63, 3.8) is 0 Å². The molecule has 1 aliphatic heterocycles. The molecule has 1 heterocycles. The molecule has 1 aliphatic rings. The van der Waals surface area contributed by atoms with E-state index in [9.17, 15) is 4.79 Å². The third-order valence-electron chi connectivity index (χ3n) is 2.57. The third-order valence-corrected chi connectivity index (χ3v) is 2.81. The van der Waals surface area contributed by atoms with Gasteiger partial charge in [0.05, 0.1) is 5.70 Å². The maximum absolute atomic E-state index is 11.1. The van der Waals surface area contributed by atoms with Crippen molar-refractivity contribution in [2.45, 2.75) is 13.3 Å². The van der Waals surface area contributed by atoms with Gasteiger partial charge in [0.15, 0.2) is 0 Å². The number of nitrogens with zero attached hydrogens (tertiary/aromatic N) is 2. The number of hydrogen-bond donors (Lipinski definition) is 1. The van der Waals surface area contributed by atoms with Crippen molar-refractivity contribution in [3.05, 3.63) is 35.5 Å². The quantitative estimate of drug-likeness (QED) is 0.728. The summed E-state index contributed by atoms with van der Waals surface area (Å²) in [5.74, 6) is 0.123. The number of nitrogens with two attached hydrogens (primary N) is 1. The monoisotopic (exact) mass is 297 g/mol. The molecular weight excluding hydrogens is 278 g/mol. The molecule has 0 saturated carbocycles. The summed E-state index contributed by atoms with van der Waals surface area (Å²) in [6.45, 7) is 7.10. The van der Waals surface area contributed by atoms with E-state index >= 15 is 0 Å². The van der Waals surface area contributed by atoms with Gasteiger partial charge < -0.3 is 15.4 Å². The number of halogens is 1. The molecule has 0 spiro atoms. The molecule has 1 rings (SSSR count). The molecule has 5 nitrogen and oxygen atoms in total. The van der Waals surface area contributed by atoms with Crippen LogP contribution in [-0.4, -0.2) is 42.9 Å². The second-order valence-electron chi connectivity index (χ2n) is 4.33. The molecule has 0 saturated heterocycles. The molecule has 0 fully saturated rings. The molecule has 0 aromatic rings. The molecule has 20 heavy (non-hydrogen) atoms. The number of allylic oxidation sites excluding steroid dienone is 4. The van der Waals surface area contributed by atoms with Crippen molar-refractivity contribution in [1.29, 1.82) is 0 Å². The second-order valence-corrected chi connectivity index (χ2v) is 4.77. The Hall–Kier alpha value is -1.59. The molecule has 0 unspecified atom stereocenters. The van der Waals surface area contributed by atoms with Crippen LogP contribution in [-0.2, 0) is 9.53 Å². The van der Waals surface area contributed by atoms with Crippen LogP contribution in [0.4, 0.5) is 0 Å². The Balaban J connectivity index is 2.75. The number of hydrogen-bond acceptors (Lipinski definition) is 5. The molecule has 2 N–H and O–H groups in total. The summed E-state index contributed by atoms with van der Waals surface area (Å²) < 4.78 is 5.52. The van der Waals surface area contributed by atoms with Gasteiger partial charge in [0.2, 0.25) is 0 Å². The normalized spacial score (nSPS) is 16.9. The van der Waals surface area contributed by atoms with Crippen LogP contribution >= 0.6 is 11.6 Å². The summed E-state index contributed by atoms with van der Waals surface area (Å²) >= 11 is 5.96. The van der Waals surface area contributed by atoms with Gasteiger partial charge in [-0.3, -0.25) is 4.79 Å². The van der Waals surface area contributed by atoms with Gasteiger partial charge in [-0.2, -0.15) is 4.99 Å². The van der Waals surface area contributed by atoms with Gasteiger partial charge in [-0.25, -0.2) is 0 Å². The van der Waals surface area contributed by atoms with Crippen LogP contribution in [0.5, 0.6) is 0 Å². The number of amidine groups is 1. The smallest absolute Gasteiger partial charge is 0.292 e. The number of aliphatic imine (C=N–C) groups is 1. The molecule has 0 aromatic carbocycles. The topological polar surface area (TPSA) is 67.9 Å². The number of ketones is 1. The van der Waals surface area contributed by atoms with Gasteiger partial charge >= 0.3 is 0 Å². The fraction of sp³-hybridized carbons (Fsp3) is 0.429. The average molecular weight is 298 g/mol. The predicted octanol–water partition coefficient (Wildman–Crippen LogP) is 1.80. The highest BCUT2D eigenvalue weighted by Crippen LogP contribution is 2.16.